The fourth-order valence-electron chi connectivity index (χ4n) is 0.0772. The molecule has 164 valence electrons. The van der Waals surface area contributed by atoms with E-state index in [9.17, 15) is 5.11 Å². The maximum Gasteiger partial charge on any atom is 1.00 e. The van der Waals surface area contributed by atoms with Gasteiger partial charge in [0, 0.05) is 19.0 Å². The van der Waals surface area contributed by atoms with Gasteiger partial charge in [-0.2, -0.15) is 0 Å². The van der Waals surface area contributed by atoms with Crippen LogP contribution in [0.5, 0.6) is 0 Å². The Kier molecular flexibility index (Phi) is 206. The minimum atomic E-state index is -0.750. The van der Waals surface area contributed by atoms with E-state index in [1.807, 2.05) is 6.92 Å². The number of alkyl halides is 1. The average Bonchev–Trinajstić information content (AvgIpc) is 2.29. The Morgan fingerprint density at radius 1 is 0.840 bits per heavy atom. The predicted molar refractivity (Wildman–Crippen MR) is 117 cm³/mol. The summed E-state index contributed by atoms with van der Waals surface area (Å²) in [6.07, 6.45) is 0.875. The Bertz CT molecular complexity index is 100. The summed E-state index contributed by atoms with van der Waals surface area (Å²) in [6.45, 7) is 7.70. The zero-order chi connectivity index (χ0) is 15.4. The van der Waals surface area contributed by atoms with Crippen molar-refractivity contribution in [2.75, 3.05) is 38.9 Å². The first-order valence-electron chi connectivity index (χ1n) is 5.82. The molecular formula is C18H54BrKO5. The first-order chi connectivity index (χ1) is 8.24. The summed E-state index contributed by atoms with van der Waals surface area (Å²) >= 11 is 3.18. The molecular weight excluding hydrogens is 415 g/mol. The predicted octanol–water partition coefficient (Wildman–Crippen LogP) is 1.35. The van der Waals surface area contributed by atoms with Crippen LogP contribution in [0.3, 0.4) is 0 Å². The van der Waals surface area contributed by atoms with E-state index in [-0.39, 0.29) is 109 Å². The molecule has 3 N–H and O–H groups in total. The topological polar surface area (TPSA) is 93.0 Å². The molecule has 0 aromatic carbocycles. The van der Waals surface area contributed by atoms with Crippen LogP contribution >= 0.6 is 15.9 Å². The molecule has 0 saturated heterocycles. The van der Waals surface area contributed by atoms with Crippen molar-refractivity contribution in [1.29, 1.82) is 0 Å². The van der Waals surface area contributed by atoms with E-state index >= 15 is 0 Å². The van der Waals surface area contributed by atoms with Gasteiger partial charge in [0.05, 0.1) is 19.8 Å². The molecule has 0 bridgehead atoms. The standard InChI is InChI=1S/C4H9O.C3H7BrO.C3H8O.C2H6O2.6CH4.K/c1-4(2,3)5;1-5-3-2-4;1-2-3-4;3-1-2-4;;;;;;;/h1-3H3;2-3H2,1H3;4H,2-3H2,1H3;3-4H,1-2H2;6*1H4;/q-1;;;;;;;;;;+1. The fourth-order valence-corrected chi connectivity index (χ4v) is 0.401. The van der Waals surface area contributed by atoms with Gasteiger partial charge in [-0.1, -0.05) is 88.2 Å². The SMILES string of the molecule is C.C.C.C.C.C.CC(C)(C)[O-].CCCO.COCCBr.OCCO.[K+]. The van der Waals surface area contributed by atoms with Crippen molar-refractivity contribution in [2.45, 2.75) is 84.3 Å². The molecule has 5 nitrogen and oxygen atoms in total. The normalized spacial score (nSPS) is 6.48. The van der Waals surface area contributed by atoms with Gasteiger partial charge in [-0.25, -0.2) is 0 Å². The second-order valence-electron chi connectivity index (χ2n) is 3.96. The summed E-state index contributed by atoms with van der Waals surface area (Å²) in [5.74, 6) is 0. The monoisotopic (exact) mass is 468 g/mol. The van der Waals surface area contributed by atoms with Crippen molar-refractivity contribution in [3.63, 3.8) is 0 Å². The minimum absolute atomic E-state index is 0. The van der Waals surface area contributed by atoms with Crippen molar-refractivity contribution >= 4 is 15.9 Å². The van der Waals surface area contributed by atoms with Gasteiger partial charge in [0.1, 0.15) is 0 Å². The molecule has 7 heteroatoms. The molecule has 0 heterocycles. The van der Waals surface area contributed by atoms with Crippen molar-refractivity contribution in [1.82, 2.24) is 0 Å². The van der Waals surface area contributed by atoms with E-state index in [1.54, 1.807) is 27.9 Å². The molecule has 0 rings (SSSR count). The van der Waals surface area contributed by atoms with Gasteiger partial charge >= 0.3 is 51.4 Å². The number of ether oxygens (including phenoxy) is 1. The van der Waals surface area contributed by atoms with Gasteiger partial charge < -0.3 is 25.2 Å². The van der Waals surface area contributed by atoms with Crippen LogP contribution in [-0.4, -0.2) is 59.8 Å². The fraction of sp³-hybridized carbons (Fsp3) is 1.00. The Morgan fingerprint density at radius 2 is 1.04 bits per heavy atom. The van der Waals surface area contributed by atoms with Gasteiger partial charge in [0.15, 0.2) is 0 Å². The summed E-state index contributed by atoms with van der Waals surface area (Å²) in [7, 11) is 1.68. The van der Waals surface area contributed by atoms with Crippen molar-refractivity contribution in [3.05, 3.63) is 0 Å². The maximum atomic E-state index is 10.1. The third kappa shape index (κ3) is 424. The third-order valence-corrected chi connectivity index (χ3v) is 0.929. The zero-order valence-corrected chi connectivity index (χ0v) is 18.0. The number of methoxy groups -OCH3 is 1. The van der Waals surface area contributed by atoms with Crippen molar-refractivity contribution in [2.24, 2.45) is 0 Å². The molecule has 0 saturated carbocycles. The van der Waals surface area contributed by atoms with Crippen LogP contribution in [0.15, 0.2) is 0 Å². The van der Waals surface area contributed by atoms with Crippen LogP contribution in [0.4, 0.5) is 0 Å². The van der Waals surface area contributed by atoms with E-state index in [2.05, 4.69) is 20.7 Å². The van der Waals surface area contributed by atoms with Crippen LogP contribution < -0.4 is 56.5 Å². The van der Waals surface area contributed by atoms with Crippen LogP contribution in [0.1, 0.15) is 78.7 Å². The summed E-state index contributed by atoms with van der Waals surface area (Å²) in [5.41, 5.74) is -0.750. The van der Waals surface area contributed by atoms with E-state index in [0.717, 1.165) is 18.4 Å². The number of aliphatic hydroxyl groups is 3. The molecule has 0 fully saturated rings. The quantitative estimate of drug-likeness (QED) is 0.427. The Morgan fingerprint density at radius 3 is 1.04 bits per heavy atom. The minimum Gasteiger partial charge on any atom is -0.850 e. The number of hydrogen-bond acceptors (Lipinski definition) is 5. The zero-order valence-electron chi connectivity index (χ0n) is 13.3. The first-order valence-corrected chi connectivity index (χ1v) is 6.95. The van der Waals surface area contributed by atoms with Gasteiger partial charge in [-0.05, 0) is 6.42 Å². The Balaban J connectivity index is -0.0000000107. The molecule has 0 aliphatic rings. The van der Waals surface area contributed by atoms with Crippen LogP contribution in [-0.2, 0) is 4.74 Å². The molecule has 0 aromatic heterocycles. The third-order valence-electron chi connectivity index (χ3n) is 0.605. The molecule has 0 aromatic rings. The molecule has 0 unspecified atom stereocenters. The van der Waals surface area contributed by atoms with Crippen molar-refractivity contribution < 1.29 is 76.5 Å². The van der Waals surface area contributed by atoms with Gasteiger partial charge in [-0.15, -0.1) is 5.60 Å². The average molecular weight is 470 g/mol. The maximum absolute atomic E-state index is 10.1. The van der Waals surface area contributed by atoms with E-state index < -0.39 is 5.60 Å². The number of aliphatic hydroxyl groups excluding tert-OH is 3. The van der Waals surface area contributed by atoms with E-state index in [4.69, 9.17) is 15.3 Å². The molecule has 0 aliphatic heterocycles. The molecule has 0 aliphatic carbocycles. The second-order valence-corrected chi connectivity index (χ2v) is 4.76. The summed E-state index contributed by atoms with van der Waals surface area (Å²) in [4.78, 5) is 0. The van der Waals surface area contributed by atoms with E-state index in [1.165, 1.54) is 0 Å². The molecule has 0 amide bonds. The smallest absolute Gasteiger partial charge is 0.850 e. The first kappa shape index (κ1) is 71.4. The Hall–Kier alpha value is 1.92. The van der Waals surface area contributed by atoms with Crippen LogP contribution in [0.2, 0.25) is 0 Å². The molecule has 0 atom stereocenters. The number of rotatable bonds is 4. The number of hydrogen-bond donors (Lipinski definition) is 3. The van der Waals surface area contributed by atoms with Gasteiger partial charge in [0.2, 0.25) is 0 Å². The van der Waals surface area contributed by atoms with Crippen LogP contribution in [0, 0.1) is 0 Å². The Labute approximate surface area is 213 Å². The van der Waals surface area contributed by atoms with Crippen molar-refractivity contribution in [3.8, 4) is 0 Å². The summed E-state index contributed by atoms with van der Waals surface area (Å²) < 4.78 is 4.64. The van der Waals surface area contributed by atoms with E-state index in [0.29, 0.717) is 6.61 Å². The molecule has 25 heavy (non-hydrogen) atoms. The van der Waals surface area contributed by atoms with Gasteiger partial charge in [-0.3, -0.25) is 0 Å². The summed E-state index contributed by atoms with van der Waals surface area (Å²) in [5, 5.41) is 34.2. The molecule has 0 radical (unpaired) electrons. The number of halogens is 1. The summed E-state index contributed by atoms with van der Waals surface area (Å²) in [6, 6.07) is 0. The second kappa shape index (κ2) is 72.3. The largest absolute Gasteiger partial charge is 1.00 e. The molecule has 0 spiro atoms. The van der Waals surface area contributed by atoms with Crippen LogP contribution in [0.25, 0.3) is 0 Å². The van der Waals surface area contributed by atoms with Gasteiger partial charge in [0.25, 0.3) is 0 Å².